The van der Waals surface area contributed by atoms with Crippen LogP contribution >= 0.6 is 0 Å². The summed E-state index contributed by atoms with van der Waals surface area (Å²) in [6, 6.07) is 2.45. The molecule has 5 heteroatoms. The average molecular weight is 289 g/mol. The van der Waals surface area contributed by atoms with Crippen molar-refractivity contribution in [3.05, 3.63) is 34.9 Å². The van der Waals surface area contributed by atoms with Crippen LogP contribution < -0.4 is 5.32 Å². The fourth-order valence-electron chi connectivity index (χ4n) is 2.90. The molecule has 116 valence electrons. The molecule has 1 atom stereocenters. The molecular formula is C16H27N5. The lowest BCUT2D eigenvalue weighted by molar-refractivity contribution is 0.487. The van der Waals surface area contributed by atoms with E-state index in [2.05, 4.69) is 42.4 Å². The van der Waals surface area contributed by atoms with E-state index in [0.29, 0.717) is 6.04 Å². The molecule has 5 nitrogen and oxygen atoms in total. The van der Waals surface area contributed by atoms with E-state index in [1.165, 1.54) is 17.0 Å². The van der Waals surface area contributed by atoms with Gasteiger partial charge in [-0.3, -0.25) is 9.36 Å². The van der Waals surface area contributed by atoms with E-state index in [9.17, 15) is 0 Å². The van der Waals surface area contributed by atoms with Crippen molar-refractivity contribution in [3.8, 4) is 0 Å². The average Bonchev–Trinajstić information content (AvgIpc) is 2.96. The summed E-state index contributed by atoms with van der Waals surface area (Å²) in [5.41, 5.74) is 5.02. The third-order valence-electron chi connectivity index (χ3n) is 4.17. The van der Waals surface area contributed by atoms with E-state index in [4.69, 9.17) is 0 Å². The van der Waals surface area contributed by atoms with Crippen LogP contribution in [0.2, 0.25) is 0 Å². The minimum atomic E-state index is 0.355. The highest BCUT2D eigenvalue weighted by atomic mass is 15.3. The largest absolute Gasteiger partial charge is 0.310 e. The van der Waals surface area contributed by atoms with Gasteiger partial charge in [-0.1, -0.05) is 6.92 Å². The zero-order valence-electron chi connectivity index (χ0n) is 13.8. The zero-order chi connectivity index (χ0) is 15.4. The van der Waals surface area contributed by atoms with Gasteiger partial charge in [0.1, 0.15) is 0 Å². The molecular weight excluding hydrogens is 262 g/mol. The Bertz CT molecular complexity index is 582. The maximum Gasteiger partial charge on any atom is 0.0644 e. The van der Waals surface area contributed by atoms with E-state index in [1.54, 1.807) is 0 Å². The van der Waals surface area contributed by atoms with Crippen molar-refractivity contribution in [3.63, 3.8) is 0 Å². The van der Waals surface area contributed by atoms with Crippen LogP contribution in [0, 0.1) is 13.8 Å². The van der Waals surface area contributed by atoms with Gasteiger partial charge in [0.2, 0.25) is 0 Å². The third-order valence-corrected chi connectivity index (χ3v) is 4.17. The van der Waals surface area contributed by atoms with Crippen LogP contribution in [0.15, 0.2) is 12.3 Å². The maximum atomic E-state index is 4.56. The number of nitrogens with zero attached hydrogens (tertiary/aromatic N) is 4. The molecule has 2 rings (SSSR count). The first-order valence-electron chi connectivity index (χ1n) is 7.75. The standard InChI is InChI=1S/C16H27N5/c1-6-10-17-15(8-7-14-9-11-18-21(14)5)16-12(2)19-20(4)13(16)3/h9,11,15,17H,6-8,10H2,1-5H3. The van der Waals surface area contributed by atoms with E-state index in [0.717, 1.165) is 31.5 Å². The zero-order valence-corrected chi connectivity index (χ0v) is 13.8. The molecule has 2 aromatic rings. The molecule has 0 aliphatic heterocycles. The molecule has 0 aliphatic carbocycles. The van der Waals surface area contributed by atoms with Crippen molar-refractivity contribution in [2.45, 2.75) is 46.1 Å². The molecule has 0 amide bonds. The summed E-state index contributed by atoms with van der Waals surface area (Å²) in [6.07, 6.45) is 5.09. The van der Waals surface area contributed by atoms with Gasteiger partial charge in [-0.2, -0.15) is 10.2 Å². The number of aromatic nitrogens is 4. The predicted octanol–water partition coefficient (Wildman–Crippen LogP) is 2.44. The highest BCUT2D eigenvalue weighted by Gasteiger charge is 2.20. The van der Waals surface area contributed by atoms with Crippen molar-refractivity contribution in [1.82, 2.24) is 24.9 Å². The monoisotopic (exact) mass is 289 g/mol. The molecule has 2 aromatic heterocycles. The highest BCUT2D eigenvalue weighted by Crippen LogP contribution is 2.25. The quantitative estimate of drug-likeness (QED) is 0.851. The smallest absolute Gasteiger partial charge is 0.0644 e. The third kappa shape index (κ3) is 3.53. The summed E-state index contributed by atoms with van der Waals surface area (Å²) in [5.74, 6) is 0. The maximum absolute atomic E-state index is 4.56. The van der Waals surface area contributed by atoms with Crippen LogP contribution in [0.5, 0.6) is 0 Å². The summed E-state index contributed by atoms with van der Waals surface area (Å²) in [5, 5.41) is 12.5. The van der Waals surface area contributed by atoms with Gasteiger partial charge in [0, 0.05) is 43.3 Å². The van der Waals surface area contributed by atoms with Gasteiger partial charge in [-0.15, -0.1) is 0 Å². The van der Waals surface area contributed by atoms with Gasteiger partial charge >= 0.3 is 0 Å². The number of hydrogen-bond acceptors (Lipinski definition) is 3. The lowest BCUT2D eigenvalue weighted by Crippen LogP contribution is -2.24. The topological polar surface area (TPSA) is 47.7 Å². The number of hydrogen-bond donors (Lipinski definition) is 1. The van der Waals surface area contributed by atoms with Crippen LogP contribution in [0.4, 0.5) is 0 Å². The van der Waals surface area contributed by atoms with Crippen molar-refractivity contribution in [2.24, 2.45) is 14.1 Å². The molecule has 21 heavy (non-hydrogen) atoms. The van der Waals surface area contributed by atoms with Gasteiger partial charge in [0.25, 0.3) is 0 Å². The molecule has 1 N–H and O–H groups in total. The SMILES string of the molecule is CCCNC(CCc1ccnn1C)c1c(C)nn(C)c1C. The Labute approximate surface area is 127 Å². The Morgan fingerprint density at radius 2 is 2.00 bits per heavy atom. The first kappa shape index (κ1) is 15.8. The van der Waals surface area contributed by atoms with Crippen LogP contribution in [-0.2, 0) is 20.5 Å². The molecule has 1 unspecified atom stereocenters. The lowest BCUT2D eigenvalue weighted by Gasteiger charge is -2.19. The lowest BCUT2D eigenvalue weighted by atomic mass is 9.99. The molecule has 0 fully saturated rings. The Morgan fingerprint density at radius 1 is 1.24 bits per heavy atom. The van der Waals surface area contributed by atoms with E-state index >= 15 is 0 Å². The summed E-state index contributed by atoms with van der Waals surface area (Å²) in [7, 11) is 4.02. The molecule has 0 radical (unpaired) electrons. The number of aryl methyl sites for hydroxylation is 4. The van der Waals surface area contributed by atoms with E-state index in [-0.39, 0.29) is 0 Å². The minimum absolute atomic E-state index is 0.355. The number of rotatable bonds is 7. The molecule has 0 saturated heterocycles. The van der Waals surface area contributed by atoms with Gasteiger partial charge in [-0.25, -0.2) is 0 Å². The van der Waals surface area contributed by atoms with E-state index < -0.39 is 0 Å². The van der Waals surface area contributed by atoms with Gasteiger partial charge in [0.05, 0.1) is 5.69 Å². The molecule has 0 aromatic carbocycles. The van der Waals surface area contributed by atoms with Gasteiger partial charge in [-0.05, 0) is 45.7 Å². The van der Waals surface area contributed by atoms with Crippen molar-refractivity contribution in [2.75, 3.05) is 6.54 Å². The molecule has 0 spiro atoms. The number of nitrogens with one attached hydrogen (secondary N) is 1. The van der Waals surface area contributed by atoms with Gasteiger partial charge < -0.3 is 5.32 Å². The Balaban J connectivity index is 2.16. The molecule has 0 saturated carbocycles. The van der Waals surface area contributed by atoms with Crippen LogP contribution in [0.1, 0.15) is 48.5 Å². The first-order chi connectivity index (χ1) is 10.0. The Hall–Kier alpha value is -1.62. The summed E-state index contributed by atoms with van der Waals surface area (Å²) in [6.45, 7) is 7.49. The van der Waals surface area contributed by atoms with Crippen LogP contribution in [0.3, 0.4) is 0 Å². The van der Waals surface area contributed by atoms with E-state index in [1.807, 2.05) is 29.7 Å². The normalized spacial score (nSPS) is 12.8. The first-order valence-corrected chi connectivity index (χ1v) is 7.75. The van der Waals surface area contributed by atoms with Crippen molar-refractivity contribution in [1.29, 1.82) is 0 Å². The second-order valence-corrected chi connectivity index (χ2v) is 5.70. The second kappa shape index (κ2) is 6.89. The fraction of sp³-hybridized carbons (Fsp3) is 0.625. The summed E-state index contributed by atoms with van der Waals surface area (Å²) >= 11 is 0. The Morgan fingerprint density at radius 3 is 2.52 bits per heavy atom. The van der Waals surface area contributed by atoms with Crippen molar-refractivity contribution < 1.29 is 0 Å². The van der Waals surface area contributed by atoms with Crippen LogP contribution in [0.25, 0.3) is 0 Å². The minimum Gasteiger partial charge on any atom is -0.310 e. The van der Waals surface area contributed by atoms with Crippen LogP contribution in [-0.4, -0.2) is 26.1 Å². The molecule has 2 heterocycles. The predicted molar refractivity (Wildman–Crippen MR) is 85.2 cm³/mol. The summed E-state index contributed by atoms with van der Waals surface area (Å²) < 4.78 is 3.94. The van der Waals surface area contributed by atoms with Gasteiger partial charge in [0.15, 0.2) is 0 Å². The van der Waals surface area contributed by atoms with Crippen molar-refractivity contribution >= 4 is 0 Å². The molecule has 0 aliphatic rings. The highest BCUT2D eigenvalue weighted by molar-refractivity contribution is 5.28. The second-order valence-electron chi connectivity index (χ2n) is 5.70. The molecule has 0 bridgehead atoms. The fourth-order valence-corrected chi connectivity index (χ4v) is 2.90. The Kier molecular flexibility index (Phi) is 5.17. The summed E-state index contributed by atoms with van der Waals surface area (Å²) in [4.78, 5) is 0.